The van der Waals surface area contributed by atoms with Gasteiger partial charge >= 0.3 is 0 Å². The van der Waals surface area contributed by atoms with Gasteiger partial charge in [-0.3, -0.25) is 4.79 Å². The van der Waals surface area contributed by atoms with E-state index in [2.05, 4.69) is 5.32 Å². The summed E-state index contributed by atoms with van der Waals surface area (Å²) in [4.78, 5) is 12.6. The number of amides is 1. The van der Waals surface area contributed by atoms with Crippen LogP contribution in [0.2, 0.25) is 0 Å². The number of rotatable bonds is 5. The molecule has 3 N–H and O–H groups in total. The number of hydrogen-bond acceptors (Lipinski definition) is 4. The van der Waals surface area contributed by atoms with Gasteiger partial charge in [-0.2, -0.15) is 0 Å². The van der Waals surface area contributed by atoms with Gasteiger partial charge in [-0.05, 0) is 39.8 Å². The first kappa shape index (κ1) is 17.7. The highest BCUT2D eigenvalue weighted by Gasteiger charge is 2.40. The van der Waals surface area contributed by atoms with Gasteiger partial charge in [0.05, 0.1) is 21.8 Å². The lowest BCUT2D eigenvalue weighted by atomic mass is 9.74. The molecule has 1 aromatic carbocycles. The maximum Gasteiger partial charge on any atom is 0.231 e. The Hall–Kier alpha value is -1.40. The van der Waals surface area contributed by atoms with Crippen molar-refractivity contribution in [3.05, 3.63) is 24.3 Å². The van der Waals surface area contributed by atoms with E-state index in [0.717, 1.165) is 0 Å². The maximum absolute atomic E-state index is 12.5. The van der Waals surface area contributed by atoms with Gasteiger partial charge in [-0.1, -0.05) is 19.1 Å². The topological polar surface area (TPSA) is 89.3 Å². The van der Waals surface area contributed by atoms with Crippen LogP contribution in [0.1, 0.15) is 34.6 Å². The fraction of sp³-hybridized carbons (Fsp3) is 0.533. The normalized spacial score (nSPS) is 13.0. The molecule has 0 atom stereocenters. The van der Waals surface area contributed by atoms with Crippen molar-refractivity contribution in [3.63, 3.8) is 0 Å². The summed E-state index contributed by atoms with van der Waals surface area (Å²) >= 11 is 0. The lowest BCUT2D eigenvalue weighted by Gasteiger charge is -2.37. The number of carbonyl (C=O) groups is 1. The summed E-state index contributed by atoms with van der Waals surface area (Å²) in [6.45, 7) is 8.57. The van der Waals surface area contributed by atoms with Gasteiger partial charge in [-0.15, -0.1) is 0 Å². The molecule has 0 spiro atoms. The number of anilines is 1. The summed E-state index contributed by atoms with van der Waals surface area (Å²) in [6.07, 6.45) is 0. The van der Waals surface area contributed by atoms with E-state index >= 15 is 0 Å². The quantitative estimate of drug-likeness (QED) is 0.872. The molecule has 0 fully saturated rings. The van der Waals surface area contributed by atoms with Gasteiger partial charge in [0.2, 0.25) is 5.91 Å². The predicted octanol–water partition coefficient (Wildman–Crippen LogP) is 2.18. The monoisotopic (exact) mass is 312 g/mol. The molecule has 0 saturated carbocycles. The number of nitrogens with two attached hydrogens (primary N) is 1. The van der Waals surface area contributed by atoms with Crippen molar-refractivity contribution in [2.75, 3.05) is 11.1 Å². The second kappa shape index (κ2) is 5.77. The van der Waals surface area contributed by atoms with Crippen LogP contribution < -0.4 is 11.1 Å². The van der Waals surface area contributed by atoms with Crippen LogP contribution >= 0.6 is 0 Å². The zero-order chi connectivity index (χ0) is 16.5. The molecule has 0 saturated heterocycles. The van der Waals surface area contributed by atoms with Crippen LogP contribution in [0.15, 0.2) is 29.2 Å². The molecule has 0 aliphatic rings. The second-order valence-corrected chi connectivity index (χ2v) is 8.45. The number of benzene rings is 1. The second-order valence-electron chi connectivity index (χ2n) is 6.20. The predicted molar refractivity (Wildman–Crippen MR) is 84.8 cm³/mol. The molecule has 1 amide bonds. The minimum atomic E-state index is -3.40. The molecule has 0 aliphatic heterocycles. The Kier molecular flexibility index (Phi) is 4.85. The molecule has 6 heteroatoms. The van der Waals surface area contributed by atoms with Crippen molar-refractivity contribution in [3.8, 4) is 0 Å². The average molecular weight is 312 g/mol. The lowest BCUT2D eigenvalue weighted by molar-refractivity contribution is -0.126. The first-order valence-electron chi connectivity index (χ1n) is 6.85. The Morgan fingerprint density at radius 3 is 2.19 bits per heavy atom. The van der Waals surface area contributed by atoms with E-state index in [1.54, 1.807) is 52.8 Å². The van der Waals surface area contributed by atoms with Crippen LogP contribution in [0, 0.1) is 5.41 Å². The van der Waals surface area contributed by atoms with Crippen molar-refractivity contribution < 1.29 is 13.2 Å². The molecule has 118 valence electrons. The van der Waals surface area contributed by atoms with E-state index in [4.69, 9.17) is 5.73 Å². The Balaban J connectivity index is 3.20. The Bertz CT molecular complexity index is 629. The molecule has 21 heavy (non-hydrogen) atoms. The molecule has 0 radical (unpaired) electrons. The van der Waals surface area contributed by atoms with Crippen LogP contribution in [0.4, 0.5) is 5.69 Å². The highest BCUT2D eigenvalue weighted by Crippen LogP contribution is 2.31. The molecular formula is C15H24N2O3S. The smallest absolute Gasteiger partial charge is 0.231 e. The summed E-state index contributed by atoms with van der Waals surface area (Å²) in [5.41, 5.74) is 4.74. The van der Waals surface area contributed by atoms with E-state index in [9.17, 15) is 13.2 Å². The Labute approximate surface area is 126 Å². The SMILES string of the molecule is CCS(=O)(=O)c1ccccc1NC(=O)C(C)(C)C(C)(C)N. The Morgan fingerprint density at radius 2 is 1.71 bits per heavy atom. The third-order valence-electron chi connectivity index (χ3n) is 4.03. The Morgan fingerprint density at radius 1 is 1.19 bits per heavy atom. The van der Waals surface area contributed by atoms with Crippen LogP contribution in [0.3, 0.4) is 0 Å². The van der Waals surface area contributed by atoms with Crippen molar-refractivity contribution in [1.82, 2.24) is 0 Å². The lowest BCUT2D eigenvalue weighted by Crippen LogP contribution is -2.53. The van der Waals surface area contributed by atoms with Gasteiger partial charge in [0.25, 0.3) is 0 Å². The fourth-order valence-corrected chi connectivity index (χ4v) is 2.62. The molecule has 5 nitrogen and oxygen atoms in total. The molecule has 0 aliphatic carbocycles. The third kappa shape index (κ3) is 3.63. The number of para-hydroxylation sites is 1. The summed E-state index contributed by atoms with van der Waals surface area (Å²) in [6, 6.07) is 6.40. The summed E-state index contributed by atoms with van der Waals surface area (Å²) in [5.74, 6) is -0.334. The standard InChI is InChI=1S/C15H24N2O3S/c1-6-21(19,20)12-10-8-7-9-11(12)17-13(18)14(2,3)15(4,5)16/h7-10H,6,16H2,1-5H3,(H,17,18). The zero-order valence-corrected chi connectivity index (χ0v) is 14.0. The zero-order valence-electron chi connectivity index (χ0n) is 13.2. The number of carbonyl (C=O) groups excluding carboxylic acids is 1. The molecule has 1 rings (SSSR count). The summed E-state index contributed by atoms with van der Waals surface area (Å²) in [7, 11) is -3.40. The molecule has 1 aromatic rings. The first-order chi connectivity index (χ1) is 9.43. The third-order valence-corrected chi connectivity index (χ3v) is 5.82. The van der Waals surface area contributed by atoms with Gasteiger partial charge in [0, 0.05) is 5.54 Å². The highest BCUT2D eigenvalue weighted by molar-refractivity contribution is 7.91. The average Bonchev–Trinajstić information content (AvgIpc) is 2.37. The van der Waals surface area contributed by atoms with E-state index in [0.29, 0.717) is 5.69 Å². The number of sulfone groups is 1. The van der Waals surface area contributed by atoms with Crippen LogP contribution in [-0.2, 0) is 14.6 Å². The molecular weight excluding hydrogens is 288 g/mol. The fourth-order valence-electron chi connectivity index (χ4n) is 1.57. The minimum Gasteiger partial charge on any atom is -0.325 e. The van der Waals surface area contributed by atoms with Crippen molar-refractivity contribution in [1.29, 1.82) is 0 Å². The van der Waals surface area contributed by atoms with Gasteiger partial charge in [0.15, 0.2) is 9.84 Å². The van der Waals surface area contributed by atoms with Crippen molar-refractivity contribution in [2.24, 2.45) is 11.1 Å². The van der Waals surface area contributed by atoms with Crippen LogP contribution in [0.5, 0.6) is 0 Å². The van der Waals surface area contributed by atoms with Gasteiger partial charge in [0.1, 0.15) is 0 Å². The molecule has 0 aromatic heterocycles. The summed E-state index contributed by atoms with van der Waals surface area (Å²) < 4.78 is 24.1. The molecule has 0 heterocycles. The van der Waals surface area contributed by atoms with Crippen LogP contribution in [0.25, 0.3) is 0 Å². The first-order valence-corrected chi connectivity index (χ1v) is 8.51. The number of nitrogens with one attached hydrogen (secondary N) is 1. The van der Waals surface area contributed by atoms with Gasteiger partial charge < -0.3 is 11.1 Å². The number of hydrogen-bond donors (Lipinski definition) is 2. The van der Waals surface area contributed by atoms with E-state index in [1.807, 2.05) is 0 Å². The van der Waals surface area contributed by atoms with Crippen molar-refractivity contribution in [2.45, 2.75) is 45.1 Å². The summed E-state index contributed by atoms with van der Waals surface area (Å²) in [5, 5.41) is 2.70. The van der Waals surface area contributed by atoms with Crippen LogP contribution in [-0.4, -0.2) is 25.6 Å². The largest absolute Gasteiger partial charge is 0.325 e. The van der Waals surface area contributed by atoms with Crippen molar-refractivity contribution >= 4 is 21.4 Å². The van der Waals surface area contributed by atoms with Gasteiger partial charge in [-0.25, -0.2) is 8.42 Å². The molecule has 0 bridgehead atoms. The molecule has 0 unspecified atom stereocenters. The maximum atomic E-state index is 12.5. The minimum absolute atomic E-state index is 0.0222. The van der Waals surface area contributed by atoms with E-state index < -0.39 is 20.8 Å². The highest BCUT2D eigenvalue weighted by atomic mass is 32.2. The van der Waals surface area contributed by atoms with E-state index in [-0.39, 0.29) is 16.6 Å². The van der Waals surface area contributed by atoms with E-state index in [1.165, 1.54) is 6.07 Å².